The van der Waals surface area contributed by atoms with Gasteiger partial charge in [0.1, 0.15) is 12.5 Å². The number of nitrogens with one attached hydrogen (secondary N) is 1. The van der Waals surface area contributed by atoms with Crippen molar-refractivity contribution in [2.45, 2.75) is 83.2 Å². The van der Waals surface area contributed by atoms with E-state index in [4.69, 9.17) is 14.2 Å². The van der Waals surface area contributed by atoms with Gasteiger partial charge in [0.2, 0.25) is 11.5 Å². The maximum atomic E-state index is 13.4. The van der Waals surface area contributed by atoms with E-state index >= 15 is 0 Å². The number of carbonyl (C=O) groups is 1. The molecular weight excluding hydrogens is 506 g/mol. The molecule has 2 aromatic rings. The van der Waals surface area contributed by atoms with E-state index in [0.29, 0.717) is 25.7 Å². The highest BCUT2D eigenvalue weighted by Gasteiger charge is 2.23. The SMILES string of the molecule is COCOC1CCN(CCN(CC2CCCCCCC2)C(=O)CCCCOc2ccc3[nH]c(=O)ccc3c2)CC1. The van der Waals surface area contributed by atoms with E-state index in [9.17, 15) is 9.59 Å². The number of aromatic amines is 1. The molecule has 1 aromatic carbocycles. The number of carbonyl (C=O) groups excluding carboxylic acids is 1. The Morgan fingerprint density at radius 3 is 2.55 bits per heavy atom. The van der Waals surface area contributed by atoms with Gasteiger partial charge in [-0.15, -0.1) is 0 Å². The number of pyridine rings is 1. The molecule has 4 rings (SSSR count). The summed E-state index contributed by atoms with van der Waals surface area (Å²) in [5, 5.41) is 0.948. The number of methoxy groups -OCH3 is 1. The van der Waals surface area contributed by atoms with Crippen molar-refractivity contribution in [1.29, 1.82) is 0 Å². The Morgan fingerprint density at radius 1 is 1.00 bits per heavy atom. The third-order valence-electron chi connectivity index (χ3n) is 8.45. The fraction of sp³-hybridized carbons (Fsp3) is 0.688. The topological polar surface area (TPSA) is 84.1 Å². The van der Waals surface area contributed by atoms with Gasteiger partial charge in [0.05, 0.1) is 12.7 Å². The lowest BCUT2D eigenvalue weighted by atomic mass is 9.90. The zero-order valence-electron chi connectivity index (χ0n) is 24.4. The van der Waals surface area contributed by atoms with E-state index in [0.717, 1.165) is 75.1 Å². The number of likely N-dealkylation sites (tertiary alicyclic amines) is 1. The highest BCUT2D eigenvalue weighted by molar-refractivity contribution is 5.79. The van der Waals surface area contributed by atoms with Gasteiger partial charge < -0.3 is 29.0 Å². The molecule has 1 saturated carbocycles. The van der Waals surface area contributed by atoms with Crippen LogP contribution in [0.5, 0.6) is 5.75 Å². The first-order valence-electron chi connectivity index (χ1n) is 15.5. The average Bonchev–Trinajstić information content (AvgIpc) is 2.95. The summed E-state index contributed by atoms with van der Waals surface area (Å²) in [5.41, 5.74) is 0.699. The molecule has 0 unspecified atom stereocenters. The Morgan fingerprint density at radius 2 is 1.77 bits per heavy atom. The Bertz CT molecular complexity index is 1070. The number of hydrogen-bond donors (Lipinski definition) is 1. The minimum absolute atomic E-state index is 0.105. The Labute approximate surface area is 239 Å². The zero-order chi connectivity index (χ0) is 28.0. The molecule has 1 saturated heterocycles. The fourth-order valence-corrected chi connectivity index (χ4v) is 6.03. The van der Waals surface area contributed by atoms with Crippen molar-refractivity contribution >= 4 is 16.8 Å². The first kappa shape index (κ1) is 30.5. The highest BCUT2D eigenvalue weighted by atomic mass is 16.7. The smallest absolute Gasteiger partial charge is 0.248 e. The molecule has 2 aliphatic rings. The second kappa shape index (κ2) is 16.7. The second-order valence-corrected chi connectivity index (χ2v) is 11.5. The van der Waals surface area contributed by atoms with Crippen LogP contribution < -0.4 is 10.3 Å². The molecule has 0 radical (unpaired) electrons. The summed E-state index contributed by atoms with van der Waals surface area (Å²) in [6.07, 6.45) is 13.7. The predicted octanol–water partition coefficient (Wildman–Crippen LogP) is 5.35. The van der Waals surface area contributed by atoms with Crippen molar-refractivity contribution in [3.05, 3.63) is 40.7 Å². The number of hydrogen-bond acceptors (Lipinski definition) is 6. The van der Waals surface area contributed by atoms with Gasteiger partial charge in [-0.05, 0) is 68.7 Å². The Kier molecular flexibility index (Phi) is 12.8. The van der Waals surface area contributed by atoms with Crippen LogP contribution in [-0.4, -0.2) is 80.0 Å². The number of benzene rings is 1. The molecule has 1 aliphatic carbocycles. The van der Waals surface area contributed by atoms with E-state index in [-0.39, 0.29) is 17.6 Å². The fourth-order valence-electron chi connectivity index (χ4n) is 6.03. The van der Waals surface area contributed by atoms with E-state index < -0.39 is 0 Å². The summed E-state index contributed by atoms with van der Waals surface area (Å²) >= 11 is 0. The normalized spacial score (nSPS) is 17.9. The molecule has 1 aromatic heterocycles. The van der Waals surface area contributed by atoms with Gasteiger partial charge in [-0.3, -0.25) is 9.59 Å². The molecule has 8 heteroatoms. The van der Waals surface area contributed by atoms with Gasteiger partial charge in [-0.25, -0.2) is 0 Å². The number of unbranched alkanes of at least 4 members (excludes halogenated alkanes) is 1. The van der Waals surface area contributed by atoms with E-state index in [1.807, 2.05) is 24.3 Å². The first-order chi connectivity index (χ1) is 19.6. The predicted molar refractivity (Wildman–Crippen MR) is 159 cm³/mol. The van der Waals surface area contributed by atoms with Crippen LogP contribution in [-0.2, 0) is 14.3 Å². The quantitative estimate of drug-likeness (QED) is 0.250. The molecule has 0 atom stereocenters. The van der Waals surface area contributed by atoms with Crippen molar-refractivity contribution in [2.75, 3.05) is 53.2 Å². The van der Waals surface area contributed by atoms with Gasteiger partial charge >= 0.3 is 0 Å². The first-order valence-corrected chi connectivity index (χ1v) is 15.5. The summed E-state index contributed by atoms with van der Waals surface area (Å²) in [6, 6.07) is 9.03. The molecule has 2 heterocycles. The molecule has 1 aliphatic heterocycles. The number of H-pyrrole nitrogens is 1. The Hall–Kier alpha value is -2.42. The van der Waals surface area contributed by atoms with Crippen LogP contribution >= 0.6 is 0 Å². The lowest BCUT2D eigenvalue weighted by molar-refractivity contribution is -0.132. The van der Waals surface area contributed by atoms with Crippen LogP contribution in [0.2, 0.25) is 0 Å². The minimum atomic E-state index is -0.105. The van der Waals surface area contributed by atoms with Crippen molar-refractivity contribution in [2.24, 2.45) is 5.92 Å². The van der Waals surface area contributed by atoms with Gasteiger partial charge in [0.25, 0.3) is 0 Å². The molecule has 8 nitrogen and oxygen atoms in total. The van der Waals surface area contributed by atoms with Crippen molar-refractivity contribution in [1.82, 2.24) is 14.8 Å². The molecule has 1 amide bonds. The number of rotatable bonds is 14. The molecule has 2 fully saturated rings. The van der Waals surface area contributed by atoms with Crippen LogP contribution in [0.1, 0.15) is 77.0 Å². The molecule has 40 heavy (non-hydrogen) atoms. The second-order valence-electron chi connectivity index (χ2n) is 11.5. The van der Waals surface area contributed by atoms with Gasteiger partial charge in [0, 0.05) is 63.2 Å². The minimum Gasteiger partial charge on any atom is -0.494 e. The lowest BCUT2D eigenvalue weighted by Crippen LogP contribution is -2.44. The summed E-state index contributed by atoms with van der Waals surface area (Å²) in [5.74, 6) is 1.70. The van der Waals surface area contributed by atoms with E-state index in [1.54, 1.807) is 7.11 Å². The highest BCUT2D eigenvalue weighted by Crippen LogP contribution is 2.24. The van der Waals surface area contributed by atoms with Crippen LogP contribution in [0, 0.1) is 5.92 Å². The van der Waals surface area contributed by atoms with Crippen LogP contribution in [0.25, 0.3) is 10.9 Å². The third-order valence-corrected chi connectivity index (χ3v) is 8.45. The van der Waals surface area contributed by atoms with Crippen molar-refractivity contribution in [3.63, 3.8) is 0 Å². The molecular formula is C32H49N3O5. The maximum Gasteiger partial charge on any atom is 0.248 e. The van der Waals surface area contributed by atoms with Crippen LogP contribution in [0.4, 0.5) is 0 Å². The largest absolute Gasteiger partial charge is 0.494 e. The average molecular weight is 556 g/mol. The summed E-state index contributed by atoms with van der Waals surface area (Å²) in [6.45, 7) is 5.63. The number of ether oxygens (including phenoxy) is 3. The standard InChI is InChI=1S/C32H49N3O5/c1-38-25-40-28-16-18-34(19-17-28)20-21-35(24-26-9-5-3-2-4-6-10-26)32(37)11-7-8-22-39-29-13-14-30-27(23-29)12-15-31(36)33-30/h12-15,23,26,28H,2-11,16-22,24-25H2,1H3,(H,33,36). The Balaban J connectivity index is 1.22. The maximum absolute atomic E-state index is 13.4. The molecule has 222 valence electrons. The molecule has 0 spiro atoms. The van der Waals surface area contributed by atoms with Crippen molar-refractivity contribution < 1.29 is 19.0 Å². The number of nitrogens with zero attached hydrogens (tertiary/aromatic N) is 2. The third kappa shape index (κ3) is 10.2. The molecule has 0 bridgehead atoms. The van der Waals surface area contributed by atoms with Gasteiger partial charge in [-0.2, -0.15) is 0 Å². The summed E-state index contributed by atoms with van der Waals surface area (Å²) in [7, 11) is 1.67. The number of piperidine rings is 1. The molecule has 1 N–H and O–H groups in total. The number of aromatic nitrogens is 1. The number of fused-ring (bicyclic) bond motifs is 1. The zero-order valence-corrected chi connectivity index (χ0v) is 24.4. The lowest BCUT2D eigenvalue weighted by Gasteiger charge is -2.34. The number of amides is 1. The monoisotopic (exact) mass is 555 g/mol. The van der Waals surface area contributed by atoms with E-state index in [1.165, 1.54) is 51.0 Å². The van der Waals surface area contributed by atoms with Crippen LogP contribution in [0.3, 0.4) is 0 Å². The van der Waals surface area contributed by atoms with Crippen molar-refractivity contribution in [3.8, 4) is 5.75 Å². The van der Waals surface area contributed by atoms with E-state index in [2.05, 4.69) is 14.8 Å². The van der Waals surface area contributed by atoms with Crippen LogP contribution in [0.15, 0.2) is 35.1 Å². The van der Waals surface area contributed by atoms with Gasteiger partial charge in [-0.1, -0.05) is 32.1 Å². The summed E-state index contributed by atoms with van der Waals surface area (Å²) in [4.78, 5) is 32.4. The summed E-state index contributed by atoms with van der Waals surface area (Å²) < 4.78 is 16.8. The van der Waals surface area contributed by atoms with Gasteiger partial charge in [0.15, 0.2) is 0 Å².